The number of hydrogen-bond acceptors (Lipinski definition) is 5. The predicted octanol–water partition coefficient (Wildman–Crippen LogP) is 2.28. The first kappa shape index (κ1) is 17.9. The van der Waals surface area contributed by atoms with Gasteiger partial charge < -0.3 is 19.7 Å². The summed E-state index contributed by atoms with van der Waals surface area (Å²) in [5, 5.41) is 7.21. The molecule has 0 saturated carbocycles. The first-order valence-corrected chi connectivity index (χ1v) is 9.26. The number of nitrogens with zero attached hydrogens (tertiary/aromatic N) is 4. The molecule has 2 saturated heterocycles. The molecular weight excluding hydrogens is 346 g/mol. The molecule has 2 fully saturated rings. The van der Waals surface area contributed by atoms with Gasteiger partial charge in [0.25, 0.3) is 0 Å². The lowest BCUT2D eigenvalue weighted by Crippen LogP contribution is -2.60. The Morgan fingerprint density at radius 3 is 2.96 bits per heavy atom. The van der Waals surface area contributed by atoms with Crippen LogP contribution in [-0.4, -0.2) is 63.2 Å². The molecule has 2 aliphatic heterocycles. The number of morpholine rings is 1. The normalized spacial score (nSPS) is 27.9. The van der Waals surface area contributed by atoms with Crippen molar-refractivity contribution in [3.05, 3.63) is 30.7 Å². The lowest BCUT2D eigenvalue weighted by Gasteiger charge is -2.45. The van der Waals surface area contributed by atoms with Crippen molar-refractivity contribution in [3.8, 4) is 11.3 Å². The molecule has 0 aromatic carbocycles. The Bertz CT molecular complexity index is 838. The van der Waals surface area contributed by atoms with E-state index in [2.05, 4.69) is 15.4 Å². The van der Waals surface area contributed by atoms with Gasteiger partial charge in [0.05, 0.1) is 36.3 Å². The highest BCUT2D eigenvalue weighted by atomic mass is 16.6. The van der Waals surface area contributed by atoms with Crippen LogP contribution in [0.4, 0.5) is 10.5 Å². The Morgan fingerprint density at radius 2 is 2.26 bits per heavy atom. The van der Waals surface area contributed by atoms with Gasteiger partial charge in [0.15, 0.2) is 0 Å². The van der Waals surface area contributed by atoms with Crippen LogP contribution in [0.1, 0.15) is 20.3 Å². The zero-order valence-corrected chi connectivity index (χ0v) is 15.9. The number of urea groups is 1. The molecule has 4 rings (SSSR count). The van der Waals surface area contributed by atoms with Gasteiger partial charge in [0, 0.05) is 44.6 Å². The maximum absolute atomic E-state index is 13.0. The second kappa shape index (κ2) is 6.94. The first-order valence-electron chi connectivity index (χ1n) is 9.26. The standard InChI is InChI=1S/C19H25N5O3/c1-13-10-24(12-19(27-13)6-8-26-14(19)2)18(25)22-16-5-4-7-20-17(16)15-9-21-23(3)11-15/h4-5,7,9,11,13-14H,6,8,10,12H2,1-3H3,(H,22,25). The molecule has 27 heavy (non-hydrogen) atoms. The van der Waals surface area contributed by atoms with Gasteiger partial charge in [-0.25, -0.2) is 4.79 Å². The smallest absolute Gasteiger partial charge is 0.322 e. The highest BCUT2D eigenvalue weighted by molar-refractivity contribution is 5.93. The van der Waals surface area contributed by atoms with E-state index in [9.17, 15) is 4.79 Å². The molecule has 1 spiro atoms. The molecule has 0 radical (unpaired) electrons. The van der Waals surface area contributed by atoms with E-state index in [4.69, 9.17) is 9.47 Å². The van der Waals surface area contributed by atoms with Gasteiger partial charge in [0.2, 0.25) is 0 Å². The minimum Gasteiger partial charge on any atom is -0.375 e. The van der Waals surface area contributed by atoms with Crippen LogP contribution in [0.2, 0.25) is 0 Å². The van der Waals surface area contributed by atoms with Crippen LogP contribution in [0.15, 0.2) is 30.7 Å². The molecule has 2 aliphatic rings. The summed E-state index contributed by atoms with van der Waals surface area (Å²) in [6.07, 6.45) is 6.06. The fourth-order valence-corrected chi connectivity index (χ4v) is 3.93. The van der Waals surface area contributed by atoms with Crippen LogP contribution in [0.3, 0.4) is 0 Å². The highest BCUT2D eigenvalue weighted by Crippen LogP contribution is 2.35. The van der Waals surface area contributed by atoms with Crippen molar-refractivity contribution < 1.29 is 14.3 Å². The monoisotopic (exact) mass is 371 g/mol. The molecule has 8 nitrogen and oxygen atoms in total. The SMILES string of the molecule is CC1CN(C(=O)Nc2cccnc2-c2cnn(C)c2)CC2(CCOC2C)O1. The maximum atomic E-state index is 13.0. The third-order valence-electron chi connectivity index (χ3n) is 5.32. The maximum Gasteiger partial charge on any atom is 0.322 e. The Hall–Kier alpha value is -2.45. The quantitative estimate of drug-likeness (QED) is 0.876. The molecular formula is C19H25N5O3. The predicted molar refractivity (Wildman–Crippen MR) is 100 cm³/mol. The molecule has 8 heteroatoms. The van der Waals surface area contributed by atoms with Crippen molar-refractivity contribution in [1.29, 1.82) is 0 Å². The van der Waals surface area contributed by atoms with Gasteiger partial charge in [-0.2, -0.15) is 5.10 Å². The van der Waals surface area contributed by atoms with Crippen LogP contribution in [0.5, 0.6) is 0 Å². The Labute approximate surface area is 158 Å². The number of aryl methyl sites for hydroxylation is 1. The van der Waals surface area contributed by atoms with Crippen molar-refractivity contribution in [2.24, 2.45) is 7.05 Å². The van der Waals surface area contributed by atoms with Crippen molar-refractivity contribution in [2.75, 3.05) is 25.0 Å². The van der Waals surface area contributed by atoms with Crippen LogP contribution < -0.4 is 5.32 Å². The molecule has 1 N–H and O–H groups in total. The van der Waals surface area contributed by atoms with Crippen molar-refractivity contribution in [1.82, 2.24) is 19.7 Å². The summed E-state index contributed by atoms with van der Waals surface area (Å²) in [6, 6.07) is 3.52. The number of carbonyl (C=O) groups is 1. The fourth-order valence-electron chi connectivity index (χ4n) is 3.93. The number of anilines is 1. The van der Waals surface area contributed by atoms with Crippen molar-refractivity contribution >= 4 is 11.7 Å². The van der Waals surface area contributed by atoms with Crippen LogP contribution in [-0.2, 0) is 16.5 Å². The largest absolute Gasteiger partial charge is 0.375 e. The number of amides is 2. The van der Waals surface area contributed by atoms with E-state index in [0.29, 0.717) is 31.1 Å². The highest BCUT2D eigenvalue weighted by Gasteiger charge is 2.48. The third kappa shape index (κ3) is 3.42. The minimum absolute atomic E-state index is 0.0279. The van der Waals surface area contributed by atoms with E-state index < -0.39 is 5.60 Å². The van der Waals surface area contributed by atoms with Gasteiger partial charge in [-0.1, -0.05) is 0 Å². The second-order valence-electron chi connectivity index (χ2n) is 7.37. The molecule has 2 aromatic rings. The van der Waals surface area contributed by atoms with E-state index >= 15 is 0 Å². The number of nitrogens with one attached hydrogen (secondary N) is 1. The first-order chi connectivity index (χ1) is 13.0. The van der Waals surface area contributed by atoms with Gasteiger partial charge in [0.1, 0.15) is 5.60 Å². The molecule has 2 aromatic heterocycles. The Kier molecular flexibility index (Phi) is 4.61. The molecule has 3 atom stereocenters. The van der Waals surface area contributed by atoms with E-state index in [1.54, 1.807) is 17.1 Å². The van der Waals surface area contributed by atoms with E-state index in [1.165, 1.54) is 0 Å². The molecule has 2 amide bonds. The summed E-state index contributed by atoms with van der Waals surface area (Å²) < 4.78 is 13.6. The topological polar surface area (TPSA) is 81.5 Å². The second-order valence-corrected chi connectivity index (χ2v) is 7.37. The number of ether oxygens (including phenoxy) is 2. The summed E-state index contributed by atoms with van der Waals surface area (Å²) in [5.41, 5.74) is 1.81. The Balaban J connectivity index is 1.54. The summed E-state index contributed by atoms with van der Waals surface area (Å²) in [4.78, 5) is 19.3. The molecule has 144 valence electrons. The number of pyridine rings is 1. The van der Waals surface area contributed by atoms with E-state index in [-0.39, 0.29) is 18.2 Å². The van der Waals surface area contributed by atoms with E-state index in [1.807, 2.05) is 44.1 Å². The zero-order chi connectivity index (χ0) is 19.0. The van der Waals surface area contributed by atoms with Crippen LogP contribution in [0, 0.1) is 0 Å². The number of rotatable bonds is 2. The lowest BCUT2D eigenvalue weighted by molar-refractivity contribution is -0.159. The third-order valence-corrected chi connectivity index (χ3v) is 5.32. The number of hydrogen-bond donors (Lipinski definition) is 1. The molecule has 0 aliphatic carbocycles. The average Bonchev–Trinajstić information content (AvgIpc) is 3.21. The van der Waals surface area contributed by atoms with Crippen molar-refractivity contribution in [3.63, 3.8) is 0 Å². The van der Waals surface area contributed by atoms with Gasteiger partial charge in [-0.05, 0) is 26.0 Å². The molecule has 3 unspecified atom stereocenters. The summed E-state index contributed by atoms with van der Waals surface area (Å²) in [5.74, 6) is 0. The lowest BCUT2D eigenvalue weighted by atomic mass is 9.93. The summed E-state index contributed by atoms with van der Waals surface area (Å²) in [7, 11) is 1.85. The Morgan fingerprint density at radius 1 is 1.41 bits per heavy atom. The van der Waals surface area contributed by atoms with Gasteiger partial charge in [-0.3, -0.25) is 9.67 Å². The molecule has 4 heterocycles. The average molecular weight is 371 g/mol. The zero-order valence-electron chi connectivity index (χ0n) is 15.9. The van der Waals surface area contributed by atoms with Crippen LogP contribution in [0.25, 0.3) is 11.3 Å². The fraction of sp³-hybridized carbons (Fsp3) is 0.526. The number of carbonyl (C=O) groups excluding carboxylic acids is 1. The van der Waals surface area contributed by atoms with E-state index in [0.717, 1.165) is 12.0 Å². The van der Waals surface area contributed by atoms with Crippen LogP contribution >= 0.6 is 0 Å². The van der Waals surface area contributed by atoms with Gasteiger partial charge >= 0.3 is 6.03 Å². The number of aromatic nitrogens is 3. The minimum atomic E-state index is -0.421. The van der Waals surface area contributed by atoms with Gasteiger partial charge in [-0.15, -0.1) is 0 Å². The summed E-state index contributed by atoms with van der Waals surface area (Å²) in [6.45, 7) is 5.74. The molecule has 0 bridgehead atoms. The van der Waals surface area contributed by atoms with Crippen molar-refractivity contribution in [2.45, 2.75) is 38.1 Å². The summed E-state index contributed by atoms with van der Waals surface area (Å²) >= 11 is 0.